The Morgan fingerprint density at radius 1 is 1.50 bits per heavy atom. The molecule has 0 aromatic carbocycles. The summed E-state index contributed by atoms with van der Waals surface area (Å²) in [5.74, 6) is 1.53. The molecule has 0 N–H and O–H groups in total. The van der Waals surface area contributed by atoms with E-state index in [1.54, 1.807) is 0 Å². The molecule has 0 spiro atoms. The molecule has 2 atom stereocenters. The Bertz CT molecular complexity index is 98.9. The maximum atomic E-state index is 5.62. The van der Waals surface area contributed by atoms with Crippen LogP contribution in [0.4, 0.5) is 0 Å². The van der Waals surface area contributed by atoms with Gasteiger partial charge in [0, 0.05) is 6.61 Å². The van der Waals surface area contributed by atoms with Gasteiger partial charge in [-0.05, 0) is 18.3 Å². The standard InChI is InChI=1S/C9H18O/c1-4-8-5-6-10-9(8)7(2)3/h7-9H,4-6H2,1-3H3. The maximum Gasteiger partial charge on any atom is 0.0626 e. The van der Waals surface area contributed by atoms with Crippen LogP contribution in [-0.4, -0.2) is 12.7 Å². The zero-order chi connectivity index (χ0) is 7.56. The van der Waals surface area contributed by atoms with Crippen LogP contribution in [0.2, 0.25) is 0 Å². The highest BCUT2D eigenvalue weighted by Crippen LogP contribution is 2.28. The van der Waals surface area contributed by atoms with Gasteiger partial charge < -0.3 is 4.74 Å². The van der Waals surface area contributed by atoms with Gasteiger partial charge >= 0.3 is 0 Å². The summed E-state index contributed by atoms with van der Waals surface area (Å²) in [7, 11) is 0. The van der Waals surface area contributed by atoms with Gasteiger partial charge in [0.15, 0.2) is 0 Å². The lowest BCUT2D eigenvalue weighted by molar-refractivity contribution is 0.0532. The second-order valence-electron chi connectivity index (χ2n) is 3.54. The highest BCUT2D eigenvalue weighted by molar-refractivity contribution is 4.77. The summed E-state index contributed by atoms with van der Waals surface area (Å²) in [5, 5.41) is 0. The number of hydrogen-bond donors (Lipinski definition) is 0. The molecule has 1 rings (SSSR count). The molecule has 0 bridgehead atoms. The molecule has 0 radical (unpaired) electrons. The van der Waals surface area contributed by atoms with E-state index >= 15 is 0 Å². The summed E-state index contributed by atoms with van der Waals surface area (Å²) >= 11 is 0. The van der Waals surface area contributed by atoms with Crippen LogP contribution < -0.4 is 0 Å². The van der Waals surface area contributed by atoms with E-state index in [-0.39, 0.29) is 0 Å². The first kappa shape index (κ1) is 8.06. The first-order valence-corrected chi connectivity index (χ1v) is 4.37. The molecule has 2 unspecified atom stereocenters. The van der Waals surface area contributed by atoms with Gasteiger partial charge in [-0.1, -0.05) is 27.2 Å². The molecule has 1 fully saturated rings. The second kappa shape index (κ2) is 3.38. The Morgan fingerprint density at radius 3 is 2.60 bits per heavy atom. The van der Waals surface area contributed by atoms with Crippen LogP contribution in [0.25, 0.3) is 0 Å². The summed E-state index contributed by atoms with van der Waals surface area (Å²) in [6, 6.07) is 0. The fraction of sp³-hybridized carbons (Fsp3) is 1.00. The molecule has 0 amide bonds. The SMILES string of the molecule is CCC1CCOC1C(C)C. The predicted octanol–water partition coefficient (Wildman–Crippen LogP) is 2.46. The second-order valence-corrected chi connectivity index (χ2v) is 3.54. The van der Waals surface area contributed by atoms with Crippen molar-refractivity contribution >= 4 is 0 Å². The smallest absolute Gasteiger partial charge is 0.0626 e. The van der Waals surface area contributed by atoms with Crippen molar-refractivity contribution in [2.75, 3.05) is 6.61 Å². The Hall–Kier alpha value is -0.0400. The van der Waals surface area contributed by atoms with Gasteiger partial charge in [0.1, 0.15) is 0 Å². The zero-order valence-electron chi connectivity index (χ0n) is 7.26. The van der Waals surface area contributed by atoms with E-state index in [0.29, 0.717) is 12.0 Å². The summed E-state index contributed by atoms with van der Waals surface area (Å²) in [6.07, 6.45) is 3.10. The van der Waals surface area contributed by atoms with Crippen molar-refractivity contribution in [2.45, 2.75) is 39.7 Å². The van der Waals surface area contributed by atoms with Gasteiger partial charge in [0.2, 0.25) is 0 Å². The average Bonchev–Trinajstić information content (AvgIpc) is 2.33. The maximum absolute atomic E-state index is 5.62. The normalized spacial score (nSPS) is 33.6. The van der Waals surface area contributed by atoms with E-state index < -0.39 is 0 Å². The van der Waals surface area contributed by atoms with Crippen LogP contribution in [0.15, 0.2) is 0 Å². The Balaban J connectivity index is 2.42. The Kier molecular flexibility index (Phi) is 2.72. The van der Waals surface area contributed by atoms with Gasteiger partial charge in [-0.25, -0.2) is 0 Å². The number of hydrogen-bond acceptors (Lipinski definition) is 1. The molecule has 1 heteroatoms. The first-order chi connectivity index (χ1) is 4.75. The van der Waals surface area contributed by atoms with Gasteiger partial charge in [-0.3, -0.25) is 0 Å². The van der Waals surface area contributed by atoms with E-state index in [9.17, 15) is 0 Å². The summed E-state index contributed by atoms with van der Waals surface area (Å²) in [6.45, 7) is 7.74. The van der Waals surface area contributed by atoms with Gasteiger partial charge in [-0.2, -0.15) is 0 Å². The van der Waals surface area contributed by atoms with Gasteiger partial charge in [0.05, 0.1) is 6.10 Å². The monoisotopic (exact) mass is 142 g/mol. The van der Waals surface area contributed by atoms with Gasteiger partial charge in [0.25, 0.3) is 0 Å². The lowest BCUT2D eigenvalue weighted by Crippen LogP contribution is -2.21. The first-order valence-electron chi connectivity index (χ1n) is 4.37. The summed E-state index contributed by atoms with van der Waals surface area (Å²) in [4.78, 5) is 0. The minimum atomic E-state index is 0.546. The van der Waals surface area contributed by atoms with Crippen LogP contribution in [0.3, 0.4) is 0 Å². The third kappa shape index (κ3) is 1.51. The molecule has 1 saturated heterocycles. The average molecular weight is 142 g/mol. The molecule has 10 heavy (non-hydrogen) atoms. The van der Waals surface area contributed by atoms with Gasteiger partial charge in [-0.15, -0.1) is 0 Å². The molecule has 0 aliphatic carbocycles. The predicted molar refractivity (Wildman–Crippen MR) is 43.0 cm³/mol. The minimum absolute atomic E-state index is 0.546. The lowest BCUT2D eigenvalue weighted by Gasteiger charge is -2.20. The molecule has 0 aromatic heterocycles. The van der Waals surface area contributed by atoms with E-state index in [2.05, 4.69) is 20.8 Å². The fourth-order valence-corrected chi connectivity index (χ4v) is 1.83. The largest absolute Gasteiger partial charge is 0.378 e. The summed E-state index contributed by atoms with van der Waals surface area (Å²) < 4.78 is 5.62. The molecule has 1 nitrogen and oxygen atoms in total. The van der Waals surface area contributed by atoms with Crippen LogP contribution in [-0.2, 0) is 4.74 Å². The van der Waals surface area contributed by atoms with Crippen molar-refractivity contribution in [3.63, 3.8) is 0 Å². The lowest BCUT2D eigenvalue weighted by atomic mass is 9.91. The van der Waals surface area contributed by atoms with Crippen molar-refractivity contribution in [3.05, 3.63) is 0 Å². The van der Waals surface area contributed by atoms with Crippen LogP contribution in [0.1, 0.15) is 33.6 Å². The highest BCUT2D eigenvalue weighted by Gasteiger charge is 2.28. The molecular weight excluding hydrogens is 124 g/mol. The fourth-order valence-electron chi connectivity index (χ4n) is 1.83. The molecule has 1 heterocycles. The van der Waals surface area contributed by atoms with Crippen molar-refractivity contribution in [3.8, 4) is 0 Å². The Morgan fingerprint density at radius 2 is 2.20 bits per heavy atom. The molecule has 0 saturated carbocycles. The minimum Gasteiger partial charge on any atom is -0.378 e. The van der Waals surface area contributed by atoms with E-state index in [1.165, 1.54) is 12.8 Å². The third-order valence-corrected chi connectivity index (χ3v) is 2.45. The molecule has 60 valence electrons. The van der Waals surface area contributed by atoms with E-state index in [0.717, 1.165) is 12.5 Å². The van der Waals surface area contributed by atoms with Crippen molar-refractivity contribution < 1.29 is 4.74 Å². The third-order valence-electron chi connectivity index (χ3n) is 2.45. The molecule has 1 aliphatic rings. The van der Waals surface area contributed by atoms with Crippen molar-refractivity contribution in [1.29, 1.82) is 0 Å². The zero-order valence-corrected chi connectivity index (χ0v) is 7.26. The van der Waals surface area contributed by atoms with Crippen molar-refractivity contribution in [1.82, 2.24) is 0 Å². The topological polar surface area (TPSA) is 9.23 Å². The highest BCUT2D eigenvalue weighted by atomic mass is 16.5. The summed E-state index contributed by atoms with van der Waals surface area (Å²) in [5.41, 5.74) is 0. The van der Waals surface area contributed by atoms with Crippen molar-refractivity contribution in [2.24, 2.45) is 11.8 Å². The quantitative estimate of drug-likeness (QED) is 0.575. The van der Waals surface area contributed by atoms with E-state index in [1.807, 2.05) is 0 Å². The molecule has 1 aliphatic heterocycles. The number of rotatable bonds is 2. The van der Waals surface area contributed by atoms with Crippen LogP contribution in [0.5, 0.6) is 0 Å². The molecule has 0 aromatic rings. The van der Waals surface area contributed by atoms with E-state index in [4.69, 9.17) is 4.74 Å². The number of ether oxygens (including phenoxy) is 1. The molecular formula is C9H18O. The van der Waals surface area contributed by atoms with Crippen LogP contribution >= 0.6 is 0 Å². The Labute approximate surface area is 63.8 Å². The van der Waals surface area contributed by atoms with Crippen LogP contribution in [0, 0.1) is 11.8 Å².